The molecule has 0 aliphatic rings. The Morgan fingerprint density at radius 2 is 2.08 bits per heavy atom. The standard InChI is InChI=1S/C9H4Cl2OS/c10-7-3-8(11)9-5(1-2-13-9)6(7)4-12/h1-4H. The number of carbonyl (C=O) groups excluding carboxylic acids is 1. The molecule has 1 heterocycles. The highest BCUT2D eigenvalue weighted by Crippen LogP contribution is 2.34. The van der Waals surface area contributed by atoms with Crippen molar-refractivity contribution in [3.05, 3.63) is 33.1 Å². The zero-order valence-corrected chi connectivity index (χ0v) is 8.71. The molecule has 0 atom stereocenters. The normalized spacial score (nSPS) is 10.6. The molecule has 1 nitrogen and oxygen atoms in total. The average molecular weight is 231 g/mol. The molecule has 0 aliphatic carbocycles. The van der Waals surface area contributed by atoms with Gasteiger partial charge in [0.1, 0.15) is 0 Å². The Balaban J connectivity index is 2.96. The van der Waals surface area contributed by atoms with E-state index in [-0.39, 0.29) is 0 Å². The fraction of sp³-hybridized carbons (Fsp3) is 0. The van der Waals surface area contributed by atoms with Crippen molar-refractivity contribution in [2.75, 3.05) is 0 Å². The molecule has 0 radical (unpaired) electrons. The van der Waals surface area contributed by atoms with Crippen LogP contribution < -0.4 is 0 Å². The Morgan fingerprint density at radius 1 is 1.31 bits per heavy atom. The first-order chi connectivity index (χ1) is 6.24. The highest BCUT2D eigenvalue weighted by Gasteiger charge is 2.09. The number of thiophene rings is 1. The summed E-state index contributed by atoms with van der Waals surface area (Å²) >= 11 is 13.3. The van der Waals surface area contributed by atoms with Crippen LogP contribution in [0.25, 0.3) is 10.1 Å². The van der Waals surface area contributed by atoms with E-state index in [0.29, 0.717) is 15.6 Å². The third-order valence-corrected chi connectivity index (χ3v) is 3.47. The molecule has 0 aliphatic heterocycles. The molecule has 0 fully saturated rings. The molecule has 0 amide bonds. The third kappa shape index (κ3) is 1.35. The minimum atomic E-state index is 0.408. The minimum Gasteiger partial charge on any atom is -0.298 e. The number of carbonyl (C=O) groups is 1. The quantitative estimate of drug-likeness (QED) is 0.677. The van der Waals surface area contributed by atoms with Crippen LogP contribution in [0.3, 0.4) is 0 Å². The topological polar surface area (TPSA) is 17.1 Å². The van der Waals surface area contributed by atoms with Crippen molar-refractivity contribution >= 4 is 50.9 Å². The highest BCUT2D eigenvalue weighted by atomic mass is 35.5. The van der Waals surface area contributed by atoms with Gasteiger partial charge in [-0.05, 0) is 17.5 Å². The number of hydrogen-bond donors (Lipinski definition) is 0. The Hall–Kier alpha value is -0.570. The summed E-state index contributed by atoms with van der Waals surface area (Å²) in [5.74, 6) is 0. The van der Waals surface area contributed by atoms with E-state index in [1.54, 1.807) is 6.07 Å². The number of halogens is 2. The van der Waals surface area contributed by atoms with Gasteiger partial charge < -0.3 is 0 Å². The van der Waals surface area contributed by atoms with E-state index < -0.39 is 0 Å². The van der Waals surface area contributed by atoms with Gasteiger partial charge in [-0.25, -0.2) is 0 Å². The molecule has 0 saturated heterocycles. The van der Waals surface area contributed by atoms with E-state index in [9.17, 15) is 4.79 Å². The van der Waals surface area contributed by atoms with Gasteiger partial charge in [-0.1, -0.05) is 23.2 Å². The minimum absolute atomic E-state index is 0.408. The highest BCUT2D eigenvalue weighted by molar-refractivity contribution is 7.18. The maximum atomic E-state index is 10.7. The molecule has 0 spiro atoms. The predicted molar refractivity (Wildman–Crippen MR) is 57.2 cm³/mol. The Morgan fingerprint density at radius 3 is 2.77 bits per heavy atom. The van der Waals surface area contributed by atoms with Gasteiger partial charge in [0, 0.05) is 10.9 Å². The molecule has 2 aromatic rings. The van der Waals surface area contributed by atoms with Crippen molar-refractivity contribution in [3.8, 4) is 0 Å². The van der Waals surface area contributed by atoms with Crippen molar-refractivity contribution in [2.45, 2.75) is 0 Å². The van der Waals surface area contributed by atoms with Crippen LogP contribution >= 0.6 is 34.5 Å². The maximum absolute atomic E-state index is 10.7. The van der Waals surface area contributed by atoms with Gasteiger partial charge >= 0.3 is 0 Å². The SMILES string of the molecule is O=Cc1c(Cl)cc(Cl)c2sccc12. The first kappa shape index (κ1) is 9.00. The van der Waals surface area contributed by atoms with Gasteiger partial charge in [0.15, 0.2) is 6.29 Å². The number of aldehydes is 1. The Bertz CT molecular complexity index is 476. The van der Waals surface area contributed by atoms with Crippen molar-refractivity contribution in [3.63, 3.8) is 0 Å². The van der Waals surface area contributed by atoms with Gasteiger partial charge in [-0.2, -0.15) is 0 Å². The molecule has 1 aromatic carbocycles. The molecule has 2 rings (SSSR count). The van der Waals surface area contributed by atoms with Gasteiger partial charge in [-0.3, -0.25) is 4.79 Å². The van der Waals surface area contributed by atoms with E-state index in [2.05, 4.69) is 0 Å². The van der Waals surface area contributed by atoms with E-state index in [0.717, 1.165) is 16.4 Å². The van der Waals surface area contributed by atoms with Gasteiger partial charge in [0.2, 0.25) is 0 Å². The van der Waals surface area contributed by atoms with Gasteiger partial charge in [0.25, 0.3) is 0 Å². The zero-order chi connectivity index (χ0) is 9.42. The lowest BCUT2D eigenvalue weighted by Crippen LogP contribution is -1.82. The monoisotopic (exact) mass is 230 g/mol. The maximum Gasteiger partial charge on any atom is 0.152 e. The summed E-state index contributed by atoms with van der Waals surface area (Å²) in [6.45, 7) is 0. The smallest absolute Gasteiger partial charge is 0.152 e. The second-order valence-corrected chi connectivity index (χ2v) is 4.27. The Labute approximate surface area is 88.9 Å². The summed E-state index contributed by atoms with van der Waals surface area (Å²) in [7, 11) is 0. The summed E-state index contributed by atoms with van der Waals surface area (Å²) in [4.78, 5) is 10.7. The molecular formula is C9H4Cl2OS. The van der Waals surface area contributed by atoms with E-state index in [1.807, 2.05) is 11.4 Å². The average Bonchev–Trinajstić information content (AvgIpc) is 2.53. The fourth-order valence-corrected chi connectivity index (χ4v) is 2.68. The Kier molecular flexibility index (Phi) is 2.28. The molecular weight excluding hydrogens is 227 g/mol. The van der Waals surface area contributed by atoms with Crippen LogP contribution in [-0.4, -0.2) is 6.29 Å². The lowest BCUT2D eigenvalue weighted by atomic mass is 10.1. The van der Waals surface area contributed by atoms with Crippen molar-refractivity contribution < 1.29 is 4.79 Å². The second-order valence-electron chi connectivity index (χ2n) is 2.54. The lowest BCUT2D eigenvalue weighted by Gasteiger charge is -1.99. The number of hydrogen-bond acceptors (Lipinski definition) is 2. The summed E-state index contributed by atoms with van der Waals surface area (Å²) in [5.41, 5.74) is 0.516. The molecule has 0 N–H and O–H groups in total. The predicted octanol–water partition coefficient (Wildman–Crippen LogP) is 4.02. The summed E-state index contributed by atoms with van der Waals surface area (Å²) < 4.78 is 0.910. The van der Waals surface area contributed by atoms with Crippen LogP contribution in [0.15, 0.2) is 17.5 Å². The van der Waals surface area contributed by atoms with Crippen LogP contribution in [0, 0.1) is 0 Å². The summed E-state index contributed by atoms with van der Waals surface area (Å²) in [5, 5.41) is 3.73. The van der Waals surface area contributed by atoms with Crippen molar-refractivity contribution in [1.29, 1.82) is 0 Å². The number of benzene rings is 1. The fourth-order valence-electron chi connectivity index (χ4n) is 1.21. The van der Waals surface area contributed by atoms with Gasteiger partial charge in [0.05, 0.1) is 14.7 Å². The van der Waals surface area contributed by atoms with Crippen LogP contribution in [0.5, 0.6) is 0 Å². The number of fused-ring (bicyclic) bond motifs is 1. The van der Waals surface area contributed by atoms with E-state index >= 15 is 0 Å². The van der Waals surface area contributed by atoms with Crippen LogP contribution in [-0.2, 0) is 0 Å². The van der Waals surface area contributed by atoms with Crippen LogP contribution in [0.2, 0.25) is 10.0 Å². The van der Waals surface area contributed by atoms with Gasteiger partial charge in [-0.15, -0.1) is 11.3 Å². The first-order valence-corrected chi connectivity index (χ1v) is 5.18. The molecule has 66 valence electrons. The number of rotatable bonds is 1. The third-order valence-electron chi connectivity index (χ3n) is 1.80. The molecule has 0 unspecified atom stereocenters. The molecule has 4 heteroatoms. The second kappa shape index (κ2) is 3.29. The zero-order valence-electron chi connectivity index (χ0n) is 6.38. The molecule has 1 aromatic heterocycles. The summed E-state index contributed by atoms with van der Waals surface area (Å²) in [6.07, 6.45) is 0.758. The van der Waals surface area contributed by atoms with Crippen molar-refractivity contribution in [2.24, 2.45) is 0 Å². The van der Waals surface area contributed by atoms with Crippen molar-refractivity contribution in [1.82, 2.24) is 0 Å². The largest absolute Gasteiger partial charge is 0.298 e. The van der Waals surface area contributed by atoms with E-state index in [1.165, 1.54) is 11.3 Å². The van der Waals surface area contributed by atoms with Crippen LogP contribution in [0.1, 0.15) is 10.4 Å². The molecule has 0 saturated carbocycles. The van der Waals surface area contributed by atoms with Crippen LogP contribution in [0.4, 0.5) is 0 Å². The van der Waals surface area contributed by atoms with E-state index in [4.69, 9.17) is 23.2 Å². The first-order valence-electron chi connectivity index (χ1n) is 3.54. The molecule has 13 heavy (non-hydrogen) atoms. The summed E-state index contributed by atoms with van der Waals surface area (Å²) in [6, 6.07) is 3.45. The molecule has 0 bridgehead atoms. The lowest BCUT2D eigenvalue weighted by molar-refractivity contribution is 0.112.